The lowest BCUT2D eigenvalue weighted by Gasteiger charge is -2.08. The molecule has 0 radical (unpaired) electrons. The molecular weight excluding hydrogens is 256 g/mol. The van der Waals surface area contributed by atoms with Crippen LogP contribution in [0.2, 0.25) is 0 Å². The molecule has 104 valence electrons. The number of furan rings is 1. The summed E-state index contributed by atoms with van der Waals surface area (Å²) in [6.45, 7) is 5.54. The van der Waals surface area contributed by atoms with Gasteiger partial charge in [0.05, 0.1) is 0 Å². The van der Waals surface area contributed by atoms with Crippen LogP contribution in [-0.4, -0.2) is 11.8 Å². The van der Waals surface area contributed by atoms with Gasteiger partial charge in [-0.15, -0.1) is 0 Å². The Bertz CT molecular complexity index is 659. The summed E-state index contributed by atoms with van der Waals surface area (Å²) in [7, 11) is 0. The molecule has 2 amide bonds. The van der Waals surface area contributed by atoms with Crippen molar-refractivity contribution in [2.75, 3.05) is 0 Å². The van der Waals surface area contributed by atoms with Gasteiger partial charge < -0.3 is 4.42 Å². The van der Waals surface area contributed by atoms with E-state index in [1.807, 2.05) is 26.0 Å². The largest absolute Gasteiger partial charge is 0.456 e. The van der Waals surface area contributed by atoms with Crippen molar-refractivity contribution in [3.63, 3.8) is 0 Å². The topological polar surface area (TPSA) is 71.3 Å². The summed E-state index contributed by atoms with van der Waals surface area (Å²) in [5, 5.41) is 0. The smallest absolute Gasteiger partial charge is 0.305 e. The number of hydrogen-bond donors (Lipinski definition) is 2. The molecule has 0 aliphatic heterocycles. The zero-order valence-electron chi connectivity index (χ0n) is 11.6. The monoisotopic (exact) mass is 272 g/mol. The van der Waals surface area contributed by atoms with Crippen molar-refractivity contribution in [3.05, 3.63) is 58.5 Å². The predicted octanol–water partition coefficient (Wildman–Crippen LogP) is 2.28. The highest BCUT2D eigenvalue weighted by Crippen LogP contribution is 2.10. The summed E-state index contributed by atoms with van der Waals surface area (Å²) >= 11 is 0. The van der Waals surface area contributed by atoms with E-state index in [-0.39, 0.29) is 11.7 Å². The average molecular weight is 272 g/mol. The second-order valence-corrected chi connectivity index (χ2v) is 4.64. The van der Waals surface area contributed by atoms with Crippen LogP contribution < -0.4 is 10.9 Å². The Morgan fingerprint density at radius 3 is 2.25 bits per heavy atom. The average Bonchev–Trinajstić information content (AvgIpc) is 2.82. The third kappa shape index (κ3) is 3.06. The van der Waals surface area contributed by atoms with Crippen molar-refractivity contribution in [1.82, 2.24) is 10.9 Å². The van der Waals surface area contributed by atoms with Crippen LogP contribution in [0.15, 0.2) is 34.7 Å². The number of rotatable bonds is 2. The molecule has 1 aromatic heterocycles. The number of amides is 2. The molecule has 0 saturated carbocycles. The quantitative estimate of drug-likeness (QED) is 0.824. The van der Waals surface area contributed by atoms with Crippen LogP contribution in [0.4, 0.5) is 0 Å². The first-order valence-corrected chi connectivity index (χ1v) is 6.22. The molecule has 2 rings (SSSR count). The third-order valence-electron chi connectivity index (χ3n) is 2.88. The van der Waals surface area contributed by atoms with E-state index < -0.39 is 5.91 Å². The lowest BCUT2D eigenvalue weighted by atomic mass is 10.1. The zero-order chi connectivity index (χ0) is 14.7. The SMILES string of the molecule is Cc1ccc(C(=O)NNC(=O)c2ccc(C)o2)c(C)c1. The molecule has 1 aromatic carbocycles. The molecule has 0 unspecified atom stereocenters. The third-order valence-corrected chi connectivity index (χ3v) is 2.88. The Labute approximate surface area is 117 Å². The minimum Gasteiger partial charge on any atom is -0.456 e. The second kappa shape index (κ2) is 5.61. The fourth-order valence-corrected chi connectivity index (χ4v) is 1.87. The van der Waals surface area contributed by atoms with Crippen molar-refractivity contribution in [1.29, 1.82) is 0 Å². The van der Waals surface area contributed by atoms with Gasteiger partial charge in [-0.2, -0.15) is 0 Å². The summed E-state index contributed by atoms with van der Waals surface area (Å²) < 4.78 is 5.16. The summed E-state index contributed by atoms with van der Waals surface area (Å²) in [5.74, 6) is -0.0605. The van der Waals surface area contributed by atoms with Crippen molar-refractivity contribution in [3.8, 4) is 0 Å². The molecular formula is C15H16N2O3. The fraction of sp³-hybridized carbons (Fsp3) is 0.200. The van der Waals surface area contributed by atoms with E-state index in [1.54, 1.807) is 25.1 Å². The number of hydrazine groups is 1. The molecule has 1 heterocycles. The van der Waals surface area contributed by atoms with E-state index in [9.17, 15) is 9.59 Å². The number of hydrogen-bond acceptors (Lipinski definition) is 3. The van der Waals surface area contributed by atoms with Gasteiger partial charge in [0, 0.05) is 5.56 Å². The minimum atomic E-state index is -0.490. The maximum atomic E-state index is 12.0. The van der Waals surface area contributed by atoms with Gasteiger partial charge in [0.25, 0.3) is 5.91 Å². The Kier molecular flexibility index (Phi) is 3.89. The molecule has 0 saturated heterocycles. The Morgan fingerprint density at radius 2 is 1.65 bits per heavy atom. The summed E-state index contributed by atoms with van der Waals surface area (Å²) in [5.41, 5.74) is 7.14. The minimum absolute atomic E-state index is 0.156. The molecule has 0 spiro atoms. The normalized spacial score (nSPS) is 10.2. The van der Waals surface area contributed by atoms with Crippen molar-refractivity contribution in [2.45, 2.75) is 20.8 Å². The number of carbonyl (C=O) groups is 2. The van der Waals surface area contributed by atoms with Gasteiger partial charge in [-0.1, -0.05) is 17.7 Å². The van der Waals surface area contributed by atoms with Crippen LogP contribution in [0.5, 0.6) is 0 Å². The first-order chi connectivity index (χ1) is 9.47. The maximum absolute atomic E-state index is 12.0. The molecule has 5 heteroatoms. The van der Waals surface area contributed by atoms with Crippen LogP contribution in [-0.2, 0) is 0 Å². The van der Waals surface area contributed by atoms with Crippen LogP contribution in [0.3, 0.4) is 0 Å². The molecule has 0 aliphatic rings. The van der Waals surface area contributed by atoms with Crippen molar-refractivity contribution < 1.29 is 14.0 Å². The van der Waals surface area contributed by atoms with E-state index in [0.29, 0.717) is 11.3 Å². The van der Waals surface area contributed by atoms with E-state index in [4.69, 9.17) is 4.42 Å². The first kappa shape index (κ1) is 13.9. The number of aryl methyl sites for hydroxylation is 3. The Balaban J connectivity index is 2.00. The van der Waals surface area contributed by atoms with E-state index >= 15 is 0 Å². The Hall–Kier alpha value is -2.56. The van der Waals surface area contributed by atoms with Gasteiger partial charge in [0.2, 0.25) is 0 Å². The van der Waals surface area contributed by atoms with Crippen LogP contribution in [0, 0.1) is 20.8 Å². The van der Waals surface area contributed by atoms with Gasteiger partial charge in [-0.25, -0.2) is 0 Å². The van der Waals surface area contributed by atoms with E-state index in [0.717, 1.165) is 11.1 Å². The van der Waals surface area contributed by atoms with Crippen LogP contribution in [0.25, 0.3) is 0 Å². The standard InChI is InChI=1S/C15H16N2O3/c1-9-4-6-12(10(2)8-9)14(18)16-17-15(19)13-7-5-11(3)20-13/h4-8H,1-3H3,(H,16,18)(H,17,19). The summed E-state index contributed by atoms with van der Waals surface area (Å²) in [6.07, 6.45) is 0. The zero-order valence-corrected chi connectivity index (χ0v) is 11.6. The maximum Gasteiger partial charge on any atom is 0.305 e. The Morgan fingerprint density at radius 1 is 0.950 bits per heavy atom. The van der Waals surface area contributed by atoms with Gasteiger partial charge in [-0.05, 0) is 44.5 Å². The molecule has 0 bridgehead atoms. The van der Waals surface area contributed by atoms with Crippen molar-refractivity contribution in [2.24, 2.45) is 0 Å². The molecule has 2 aromatic rings. The molecule has 5 nitrogen and oxygen atoms in total. The molecule has 0 atom stereocenters. The summed E-state index contributed by atoms with van der Waals surface area (Å²) in [4.78, 5) is 23.7. The summed E-state index contributed by atoms with van der Waals surface area (Å²) in [6, 6.07) is 8.71. The van der Waals surface area contributed by atoms with Crippen molar-refractivity contribution >= 4 is 11.8 Å². The van der Waals surface area contributed by atoms with Gasteiger partial charge in [0.1, 0.15) is 5.76 Å². The predicted molar refractivity (Wildman–Crippen MR) is 74.3 cm³/mol. The van der Waals surface area contributed by atoms with Gasteiger partial charge in [0.15, 0.2) is 5.76 Å². The van der Waals surface area contributed by atoms with E-state index in [1.165, 1.54) is 0 Å². The molecule has 0 fully saturated rings. The second-order valence-electron chi connectivity index (χ2n) is 4.64. The lowest BCUT2D eigenvalue weighted by molar-refractivity contribution is 0.0830. The number of nitrogens with one attached hydrogen (secondary N) is 2. The fourth-order valence-electron chi connectivity index (χ4n) is 1.87. The highest BCUT2D eigenvalue weighted by molar-refractivity contribution is 5.98. The first-order valence-electron chi connectivity index (χ1n) is 6.22. The molecule has 0 aliphatic carbocycles. The molecule has 2 N–H and O–H groups in total. The van der Waals surface area contributed by atoms with Crippen LogP contribution in [0.1, 0.15) is 37.8 Å². The van der Waals surface area contributed by atoms with Gasteiger partial charge in [-0.3, -0.25) is 20.4 Å². The van der Waals surface area contributed by atoms with E-state index in [2.05, 4.69) is 10.9 Å². The molecule has 20 heavy (non-hydrogen) atoms. The number of benzene rings is 1. The van der Waals surface area contributed by atoms with Gasteiger partial charge >= 0.3 is 5.91 Å². The van der Waals surface area contributed by atoms with Crippen LogP contribution >= 0.6 is 0 Å². The number of carbonyl (C=O) groups excluding carboxylic acids is 2. The highest BCUT2D eigenvalue weighted by atomic mass is 16.3. The lowest BCUT2D eigenvalue weighted by Crippen LogP contribution is -2.41. The highest BCUT2D eigenvalue weighted by Gasteiger charge is 2.13.